The number of thiazole rings is 1. The van der Waals surface area contributed by atoms with Crippen molar-refractivity contribution in [3.05, 3.63) is 46.7 Å². The summed E-state index contributed by atoms with van der Waals surface area (Å²) in [5.74, 6) is 0. The van der Waals surface area contributed by atoms with Crippen molar-refractivity contribution in [3.63, 3.8) is 0 Å². The molecule has 0 aliphatic rings. The first-order valence-corrected chi connectivity index (χ1v) is 6.64. The Morgan fingerprint density at radius 1 is 1.06 bits per heavy atom. The van der Waals surface area contributed by atoms with Gasteiger partial charge in [0.2, 0.25) is 0 Å². The number of hydrogen-bond acceptors (Lipinski definition) is 4. The van der Waals surface area contributed by atoms with Crippen molar-refractivity contribution in [2.24, 2.45) is 0 Å². The van der Waals surface area contributed by atoms with Crippen molar-refractivity contribution in [1.82, 2.24) is 9.97 Å². The largest absolute Gasteiger partial charge is 0.264 e. The van der Waals surface area contributed by atoms with E-state index in [9.17, 15) is 0 Å². The predicted octanol–water partition coefficient (Wildman–Crippen LogP) is 3.93. The average Bonchev–Trinajstić information content (AvgIpc) is 3.01. The highest BCUT2D eigenvalue weighted by Gasteiger charge is 2.06. The van der Waals surface area contributed by atoms with Crippen LogP contribution in [0, 0.1) is 0 Å². The lowest BCUT2D eigenvalue weighted by atomic mass is 10.2. The van der Waals surface area contributed by atoms with E-state index in [1.807, 2.05) is 18.3 Å². The lowest BCUT2D eigenvalue weighted by molar-refractivity contribution is 1.31. The molecular weight excluding hydrogens is 236 g/mol. The maximum absolute atomic E-state index is 4.61. The molecule has 78 valence electrons. The van der Waals surface area contributed by atoms with Crippen LogP contribution in [-0.2, 0) is 0 Å². The Labute approximate surface area is 101 Å². The zero-order valence-corrected chi connectivity index (χ0v) is 9.96. The summed E-state index contributed by atoms with van der Waals surface area (Å²) in [6.45, 7) is 0. The van der Waals surface area contributed by atoms with Gasteiger partial charge in [0.15, 0.2) is 0 Å². The first-order valence-electron chi connectivity index (χ1n) is 4.82. The Morgan fingerprint density at radius 2 is 2.06 bits per heavy atom. The molecular formula is C12H8N2S2. The molecule has 0 aliphatic carbocycles. The predicted molar refractivity (Wildman–Crippen MR) is 68.7 cm³/mol. The maximum Gasteiger partial charge on any atom is 0.124 e. The van der Waals surface area contributed by atoms with Crippen molar-refractivity contribution >= 4 is 22.7 Å². The fourth-order valence-electron chi connectivity index (χ4n) is 1.44. The molecule has 0 spiro atoms. The molecule has 0 aromatic carbocycles. The minimum Gasteiger partial charge on any atom is -0.264 e. The quantitative estimate of drug-likeness (QED) is 0.682. The molecule has 0 N–H and O–H groups in total. The molecule has 0 radical (unpaired) electrons. The Morgan fingerprint density at radius 3 is 2.81 bits per heavy atom. The van der Waals surface area contributed by atoms with E-state index in [-0.39, 0.29) is 0 Å². The van der Waals surface area contributed by atoms with Gasteiger partial charge < -0.3 is 0 Å². The van der Waals surface area contributed by atoms with Crippen LogP contribution in [0.15, 0.2) is 46.7 Å². The molecule has 0 amide bonds. The van der Waals surface area contributed by atoms with Gasteiger partial charge in [-0.25, -0.2) is 4.98 Å². The van der Waals surface area contributed by atoms with E-state index in [0.29, 0.717) is 0 Å². The molecule has 16 heavy (non-hydrogen) atoms. The fourth-order valence-corrected chi connectivity index (χ4v) is 2.98. The monoisotopic (exact) mass is 244 g/mol. The topological polar surface area (TPSA) is 25.8 Å². The lowest BCUT2D eigenvalue weighted by Gasteiger charge is -1.93. The van der Waals surface area contributed by atoms with E-state index < -0.39 is 0 Å². The van der Waals surface area contributed by atoms with Crippen molar-refractivity contribution in [3.8, 4) is 21.8 Å². The molecule has 0 unspecified atom stereocenters. The van der Waals surface area contributed by atoms with E-state index in [1.54, 1.807) is 28.9 Å². The molecule has 0 atom stereocenters. The van der Waals surface area contributed by atoms with Gasteiger partial charge in [0.1, 0.15) is 5.01 Å². The van der Waals surface area contributed by atoms with Crippen molar-refractivity contribution in [2.75, 3.05) is 0 Å². The Kier molecular flexibility index (Phi) is 2.52. The second-order valence-electron chi connectivity index (χ2n) is 3.29. The molecule has 0 saturated heterocycles. The zero-order chi connectivity index (χ0) is 10.8. The highest BCUT2D eigenvalue weighted by Crippen LogP contribution is 2.29. The Hall–Kier alpha value is -1.52. The van der Waals surface area contributed by atoms with Crippen LogP contribution in [0.1, 0.15) is 0 Å². The third kappa shape index (κ3) is 1.77. The lowest BCUT2D eigenvalue weighted by Crippen LogP contribution is -1.79. The molecule has 4 heteroatoms. The number of rotatable bonds is 2. The smallest absolute Gasteiger partial charge is 0.124 e. The van der Waals surface area contributed by atoms with Gasteiger partial charge in [0.25, 0.3) is 0 Å². The van der Waals surface area contributed by atoms with E-state index in [4.69, 9.17) is 0 Å². The summed E-state index contributed by atoms with van der Waals surface area (Å²) in [6, 6.07) is 6.05. The number of nitrogens with zero attached hydrogens (tertiary/aromatic N) is 2. The summed E-state index contributed by atoms with van der Waals surface area (Å²) >= 11 is 3.36. The SMILES string of the molecule is c1cncc(-c2csc(-c3ccsc3)n2)c1. The van der Waals surface area contributed by atoms with Crippen LogP contribution >= 0.6 is 22.7 Å². The molecule has 0 aliphatic heterocycles. The minimum absolute atomic E-state index is 0.999. The molecule has 0 fully saturated rings. The summed E-state index contributed by atoms with van der Waals surface area (Å²) in [4.78, 5) is 8.71. The first kappa shape index (κ1) is 9.69. The van der Waals surface area contributed by atoms with Gasteiger partial charge in [-0.3, -0.25) is 4.98 Å². The van der Waals surface area contributed by atoms with Crippen LogP contribution in [0.25, 0.3) is 21.8 Å². The number of aromatic nitrogens is 2. The number of pyridine rings is 1. The molecule has 3 rings (SSSR count). The maximum atomic E-state index is 4.61. The first-order chi connectivity index (χ1) is 7.93. The normalized spacial score (nSPS) is 10.5. The summed E-state index contributed by atoms with van der Waals surface area (Å²) in [5, 5.41) is 7.33. The summed E-state index contributed by atoms with van der Waals surface area (Å²) in [7, 11) is 0. The Balaban J connectivity index is 2.00. The minimum atomic E-state index is 0.999. The van der Waals surface area contributed by atoms with Crippen LogP contribution in [0.4, 0.5) is 0 Å². The van der Waals surface area contributed by atoms with Gasteiger partial charge in [0.05, 0.1) is 5.69 Å². The van der Waals surface area contributed by atoms with Crippen LogP contribution in [0.2, 0.25) is 0 Å². The summed E-state index contributed by atoms with van der Waals surface area (Å²) in [5.41, 5.74) is 3.27. The third-order valence-corrected chi connectivity index (χ3v) is 3.80. The summed E-state index contributed by atoms with van der Waals surface area (Å²) < 4.78 is 0. The van der Waals surface area contributed by atoms with E-state index >= 15 is 0 Å². The van der Waals surface area contributed by atoms with Gasteiger partial charge in [-0.2, -0.15) is 11.3 Å². The Bertz CT molecular complexity index is 570. The molecule has 3 aromatic rings. The molecule has 3 aromatic heterocycles. The van der Waals surface area contributed by atoms with Crippen LogP contribution in [0.5, 0.6) is 0 Å². The van der Waals surface area contributed by atoms with E-state index in [0.717, 1.165) is 16.3 Å². The van der Waals surface area contributed by atoms with Crippen molar-refractivity contribution in [2.45, 2.75) is 0 Å². The highest BCUT2D eigenvalue weighted by atomic mass is 32.1. The third-order valence-electron chi connectivity index (χ3n) is 2.23. The van der Waals surface area contributed by atoms with Gasteiger partial charge in [0, 0.05) is 34.3 Å². The number of thiophene rings is 1. The second kappa shape index (κ2) is 4.15. The standard InChI is InChI=1S/C12H8N2S2/c1-2-9(6-13-4-1)11-8-16-12(14-11)10-3-5-15-7-10/h1-8H. The number of hydrogen-bond donors (Lipinski definition) is 0. The zero-order valence-electron chi connectivity index (χ0n) is 8.33. The fraction of sp³-hybridized carbons (Fsp3) is 0. The van der Waals surface area contributed by atoms with Crippen LogP contribution in [0.3, 0.4) is 0 Å². The van der Waals surface area contributed by atoms with Crippen molar-refractivity contribution < 1.29 is 0 Å². The van der Waals surface area contributed by atoms with Gasteiger partial charge in [-0.05, 0) is 23.6 Å². The molecule has 3 heterocycles. The molecule has 0 bridgehead atoms. The van der Waals surface area contributed by atoms with Crippen LogP contribution < -0.4 is 0 Å². The van der Waals surface area contributed by atoms with Crippen molar-refractivity contribution in [1.29, 1.82) is 0 Å². The summed E-state index contributed by atoms with van der Waals surface area (Å²) in [6.07, 6.45) is 3.61. The van der Waals surface area contributed by atoms with Crippen LogP contribution in [-0.4, -0.2) is 9.97 Å². The van der Waals surface area contributed by atoms with Gasteiger partial charge >= 0.3 is 0 Å². The van der Waals surface area contributed by atoms with Gasteiger partial charge in [-0.1, -0.05) is 0 Å². The molecule has 2 nitrogen and oxygen atoms in total. The van der Waals surface area contributed by atoms with Gasteiger partial charge in [-0.15, -0.1) is 11.3 Å². The van der Waals surface area contributed by atoms with E-state index in [2.05, 4.69) is 32.2 Å². The second-order valence-corrected chi connectivity index (χ2v) is 4.93. The highest BCUT2D eigenvalue weighted by molar-refractivity contribution is 7.14. The average molecular weight is 244 g/mol. The molecule has 0 saturated carbocycles. The van der Waals surface area contributed by atoms with E-state index in [1.165, 1.54) is 5.56 Å².